The fraction of sp³-hybridized carbons (Fsp3) is 0.455. The van der Waals surface area contributed by atoms with Gasteiger partial charge in [-0.05, 0) is 25.0 Å². The molecule has 86 valence electrons. The highest BCUT2D eigenvalue weighted by atomic mass is 16.4. The van der Waals surface area contributed by atoms with Crippen molar-refractivity contribution < 1.29 is 19.1 Å². The molecule has 0 atom stereocenters. The minimum absolute atomic E-state index is 0.179. The van der Waals surface area contributed by atoms with Gasteiger partial charge in [-0.3, -0.25) is 4.79 Å². The third-order valence-corrected chi connectivity index (χ3v) is 2.85. The minimum Gasteiger partial charge on any atom is -0.550 e. The number of nitrogens with zero attached hydrogens (tertiary/aromatic N) is 1. The first-order valence-corrected chi connectivity index (χ1v) is 5.22. The molecule has 0 radical (unpaired) electrons. The molecule has 0 unspecified atom stereocenters. The molecule has 1 amide bonds. The van der Waals surface area contributed by atoms with Crippen LogP contribution in [0.2, 0.25) is 0 Å². The van der Waals surface area contributed by atoms with Crippen molar-refractivity contribution in [3.63, 3.8) is 0 Å². The van der Waals surface area contributed by atoms with Crippen LogP contribution in [0.4, 0.5) is 0 Å². The van der Waals surface area contributed by atoms with Gasteiger partial charge in [0.25, 0.3) is 5.91 Å². The monoisotopic (exact) mass is 222 g/mol. The molecular weight excluding hydrogens is 210 g/mol. The van der Waals surface area contributed by atoms with Gasteiger partial charge in [0.15, 0.2) is 5.76 Å². The summed E-state index contributed by atoms with van der Waals surface area (Å²) in [6.45, 7) is 0.885. The summed E-state index contributed by atoms with van der Waals surface area (Å²) in [6.07, 6.45) is 2.35. The van der Waals surface area contributed by atoms with Crippen molar-refractivity contribution in [3.8, 4) is 0 Å². The maximum atomic E-state index is 11.8. The van der Waals surface area contributed by atoms with E-state index in [2.05, 4.69) is 0 Å². The zero-order valence-corrected chi connectivity index (χ0v) is 8.72. The second kappa shape index (κ2) is 4.38. The summed E-state index contributed by atoms with van der Waals surface area (Å²) >= 11 is 0. The first-order chi connectivity index (χ1) is 7.68. The predicted octanol–water partition coefficient (Wildman–Crippen LogP) is -0.118. The second-order valence-corrected chi connectivity index (χ2v) is 3.86. The Balaban J connectivity index is 1.94. The number of furan rings is 1. The number of hydrogen-bond donors (Lipinski definition) is 0. The van der Waals surface area contributed by atoms with Crippen LogP contribution in [-0.4, -0.2) is 29.9 Å². The molecule has 0 N–H and O–H groups in total. The highest BCUT2D eigenvalue weighted by molar-refractivity contribution is 5.91. The second-order valence-electron chi connectivity index (χ2n) is 3.86. The third kappa shape index (κ3) is 2.08. The number of carboxylic acid groups (broad SMARTS) is 1. The van der Waals surface area contributed by atoms with Crippen LogP contribution in [-0.2, 0) is 4.79 Å². The number of hydrogen-bond acceptors (Lipinski definition) is 4. The third-order valence-electron chi connectivity index (χ3n) is 2.85. The predicted molar refractivity (Wildman–Crippen MR) is 52.3 cm³/mol. The van der Waals surface area contributed by atoms with Gasteiger partial charge >= 0.3 is 0 Å². The maximum absolute atomic E-state index is 11.8. The summed E-state index contributed by atoms with van der Waals surface area (Å²) in [5.74, 6) is -1.33. The van der Waals surface area contributed by atoms with Crippen LogP contribution in [0.25, 0.3) is 0 Å². The molecule has 0 aliphatic carbocycles. The van der Waals surface area contributed by atoms with Gasteiger partial charge in [-0.25, -0.2) is 0 Å². The smallest absolute Gasteiger partial charge is 0.289 e. The quantitative estimate of drug-likeness (QED) is 0.699. The van der Waals surface area contributed by atoms with Crippen LogP contribution >= 0.6 is 0 Å². The van der Waals surface area contributed by atoms with E-state index in [1.165, 1.54) is 6.26 Å². The van der Waals surface area contributed by atoms with Gasteiger partial charge in [-0.2, -0.15) is 0 Å². The molecule has 0 bridgehead atoms. The molecule has 1 aromatic heterocycles. The lowest BCUT2D eigenvalue weighted by molar-refractivity contribution is -0.312. The van der Waals surface area contributed by atoms with Crippen LogP contribution in [0.5, 0.6) is 0 Å². The summed E-state index contributed by atoms with van der Waals surface area (Å²) in [5.41, 5.74) is 0. The molecule has 1 aromatic rings. The van der Waals surface area contributed by atoms with Gasteiger partial charge in [0.1, 0.15) is 0 Å². The number of carbonyl (C=O) groups is 2. The SMILES string of the molecule is O=C([O-])C1CCN(C(=O)c2ccco2)CC1. The molecule has 16 heavy (non-hydrogen) atoms. The molecule has 2 heterocycles. The molecule has 2 rings (SSSR count). The molecule has 0 saturated carbocycles. The lowest BCUT2D eigenvalue weighted by Gasteiger charge is -2.31. The molecule has 1 fully saturated rings. The van der Waals surface area contributed by atoms with Crippen LogP contribution in [0.1, 0.15) is 23.4 Å². The number of likely N-dealkylation sites (tertiary alicyclic amines) is 1. The van der Waals surface area contributed by atoms with Gasteiger partial charge in [-0.15, -0.1) is 0 Å². The molecule has 5 heteroatoms. The lowest BCUT2D eigenvalue weighted by atomic mass is 9.97. The molecule has 1 aliphatic rings. The van der Waals surface area contributed by atoms with E-state index in [-0.39, 0.29) is 5.91 Å². The van der Waals surface area contributed by atoms with Crippen molar-refractivity contribution in [3.05, 3.63) is 24.2 Å². The van der Waals surface area contributed by atoms with Crippen LogP contribution in [0.15, 0.2) is 22.8 Å². The van der Waals surface area contributed by atoms with E-state index >= 15 is 0 Å². The Bertz CT molecular complexity index is 377. The van der Waals surface area contributed by atoms with Gasteiger partial charge in [0.05, 0.1) is 6.26 Å². The normalized spacial score (nSPS) is 17.4. The summed E-state index contributed by atoms with van der Waals surface area (Å²) in [6, 6.07) is 3.26. The number of rotatable bonds is 2. The highest BCUT2D eigenvalue weighted by Crippen LogP contribution is 2.18. The van der Waals surface area contributed by atoms with Crippen molar-refractivity contribution >= 4 is 11.9 Å². The first-order valence-electron chi connectivity index (χ1n) is 5.22. The first kappa shape index (κ1) is 10.7. The standard InChI is InChI=1S/C11H13NO4/c13-10(9-2-1-7-16-9)12-5-3-8(4-6-12)11(14)15/h1-2,7-8H,3-6H2,(H,14,15)/p-1. The van der Waals surface area contributed by atoms with Crippen molar-refractivity contribution in [2.45, 2.75) is 12.8 Å². The number of amides is 1. The van der Waals surface area contributed by atoms with E-state index in [4.69, 9.17) is 4.42 Å². The van der Waals surface area contributed by atoms with Crippen LogP contribution < -0.4 is 5.11 Å². The van der Waals surface area contributed by atoms with E-state index in [1.54, 1.807) is 17.0 Å². The van der Waals surface area contributed by atoms with Gasteiger partial charge < -0.3 is 19.2 Å². The Morgan fingerprint density at radius 3 is 2.56 bits per heavy atom. The largest absolute Gasteiger partial charge is 0.550 e. The number of aliphatic carboxylic acids is 1. The van der Waals surface area contributed by atoms with E-state index in [9.17, 15) is 14.7 Å². The number of carboxylic acids is 1. The van der Waals surface area contributed by atoms with E-state index in [1.807, 2.05) is 0 Å². The Morgan fingerprint density at radius 2 is 2.06 bits per heavy atom. The van der Waals surface area contributed by atoms with E-state index in [0.717, 1.165) is 0 Å². The Labute approximate surface area is 92.7 Å². The zero-order chi connectivity index (χ0) is 11.5. The highest BCUT2D eigenvalue weighted by Gasteiger charge is 2.25. The lowest BCUT2D eigenvalue weighted by Crippen LogP contribution is -2.43. The summed E-state index contributed by atoms with van der Waals surface area (Å²) in [7, 11) is 0. The topological polar surface area (TPSA) is 73.6 Å². The zero-order valence-electron chi connectivity index (χ0n) is 8.72. The van der Waals surface area contributed by atoms with Crippen molar-refractivity contribution in [2.24, 2.45) is 5.92 Å². The van der Waals surface area contributed by atoms with Crippen LogP contribution in [0.3, 0.4) is 0 Å². The molecule has 0 spiro atoms. The summed E-state index contributed by atoms with van der Waals surface area (Å²) in [4.78, 5) is 24.0. The van der Waals surface area contributed by atoms with Crippen molar-refractivity contribution in [2.75, 3.05) is 13.1 Å². The van der Waals surface area contributed by atoms with Gasteiger partial charge in [0, 0.05) is 25.0 Å². The Hall–Kier alpha value is -1.78. The van der Waals surface area contributed by atoms with Crippen LogP contribution in [0, 0.1) is 5.92 Å². The fourth-order valence-corrected chi connectivity index (χ4v) is 1.87. The van der Waals surface area contributed by atoms with Crippen molar-refractivity contribution in [1.82, 2.24) is 4.90 Å². The molecule has 5 nitrogen and oxygen atoms in total. The average molecular weight is 222 g/mol. The van der Waals surface area contributed by atoms with Gasteiger partial charge in [-0.1, -0.05) is 0 Å². The minimum atomic E-state index is -1.02. The van der Waals surface area contributed by atoms with Crippen molar-refractivity contribution in [1.29, 1.82) is 0 Å². The Morgan fingerprint density at radius 1 is 1.38 bits per heavy atom. The number of piperidine rings is 1. The molecular formula is C11H12NO4-. The summed E-state index contributed by atoms with van der Waals surface area (Å²) in [5, 5.41) is 10.6. The van der Waals surface area contributed by atoms with Gasteiger partial charge in [0.2, 0.25) is 0 Å². The molecule has 0 aromatic carbocycles. The van der Waals surface area contributed by atoms with E-state index in [0.29, 0.717) is 31.7 Å². The maximum Gasteiger partial charge on any atom is 0.289 e. The molecule has 1 aliphatic heterocycles. The fourth-order valence-electron chi connectivity index (χ4n) is 1.87. The molecule has 1 saturated heterocycles. The average Bonchev–Trinajstić information content (AvgIpc) is 2.81. The Kier molecular flexibility index (Phi) is 2.94. The number of carbonyl (C=O) groups excluding carboxylic acids is 2. The van der Waals surface area contributed by atoms with E-state index < -0.39 is 11.9 Å². The summed E-state index contributed by atoms with van der Waals surface area (Å²) < 4.78 is 5.00.